The van der Waals surface area contributed by atoms with Gasteiger partial charge in [0.05, 0.1) is 5.56 Å². The van der Waals surface area contributed by atoms with Crippen molar-refractivity contribution in [1.29, 1.82) is 0 Å². The van der Waals surface area contributed by atoms with Crippen LogP contribution in [-0.4, -0.2) is 18.3 Å². The van der Waals surface area contributed by atoms with E-state index in [2.05, 4.69) is 0 Å². The first-order chi connectivity index (χ1) is 8.00. The van der Waals surface area contributed by atoms with Crippen LogP contribution >= 0.6 is 0 Å². The van der Waals surface area contributed by atoms with Gasteiger partial charge in [0.2, 0.25) is 0 Å². The van der Waals surface area contributed by atoms with Gasteiger partial charge in [0.25, 0.3) is 5.91 Å². The number of amides is 1. The molecule has 0 fully saturated rings. The molecule has 4 nitrogen and oxygen atoms in total. The monoisotopic (exact) mass is 237 g/mol. The van der Waals surface area contributed by atoms with Gasteiger partial charge in [-0.2, -0.15) is 0 Å². The van der Waals surface area contributed by atoms with Crippen LogP contribution in [0.3, 0.4) is 0 Å². The molecule has 0 saturated heterocycles. The van der Waals surface area contributed by atoms with Crippen molar-refractivity contribution in [3.63, 3.8) is 0 Å². The number of carbonyl (C=O) groups excluding carboxylic acids is 2. The first-order valence-corrected chi connectivity index (χ1v) is 5.27. The number of nitrogens with two attached hydrogens (primary N) is 1. The summed E-state index contributed by atoms with van der Waals surface area (Å²) in [5.41, 5.74) is 5.58. The number of ketones is 1. The SMILES string of the molecule is CC1CC(=O)c2c(OCC(N)=O)ccc(F)c21. The van der Waals surface area contributed by atoms with E-state index in [0.717, 1.165) is 0 Å². The second-order valence-corrected chi connectivity index (χ2v) is 4.12. The van der Waals surface area contributed by atoms with Crippen molar-refractivity contribution in [2.75, 3.05) is 6.61 Å². The number of carbonyl (C=O) groups is 2. The number of ether oxygens (including phenoxy) is 1. The van der Waals surface area contributed by atoms with Crippen LogP contribution in [0.1, 0.15) is 35.2 Å². The molecule has 90 valence electrons. The van der Waals surface area contributed by atoms with Crippen LogP contribution in [0.2, 0.25) is 0 Å². The van der Waals surface area contributed by atoms with Crippen LogP contribution in [-0.2, 0) is 4.79 Å². The van der Waals surface area contributed by atoms with Crippen molar-refractivity contribution in [2.45, 2.75) is 19.3 Å². The topological polar surface area (TPSA) is 69.4 Å². The summed E-state index contributed by atoms with van der Waals surface area (Å²) in [6.45, 7) is 1.46. The lowest BCUT2D eigenvalue weighted by Gasteiger charge is -2.10. The minimum absolute atomic E-state index is 0.158. The van der Waals surface area contributed by atoms with E-state index in [1.54, 1.807) is 6.92 Å². The van der Waals surface area contributed by atoms with E-state index in [0.29, 0.717) is 5.56 Å². The fraction of sp³-hybridized carbons (Fsp3) is 0.333. The fourth-order valence-corrected chi connectivity index (χ4v) is 2.09. The van der Waals surface area contributed by atoms with Crippen LogP contribution in [0.15, 0.2) is 12.1 Å². The van der Waals surface area contributed by atoms with E-state index in [1.807, 2.05) is 0 Å². The summed E-state index contributed by atoms with van der Waals surface area (Å²) >= 11 is 0. The van der Waals surface area contributed by atoms with Gasteiger partial charge in [0.15, 0.2) is 12.4 Å². The van der Waals surface area contributed by atoms with Gasteiger partial charge in [0, 0.05) is 12.0 Å². The molecule has 0 heterocycles. The summed E-state index contributed by atoms with van der Waals surface area (Å²) in [4.78, 5) is 22.4. The summed E-state index contributed by atoms with van der Waals surface area (Å²) in [6, 6.07) is 2.59. The third-order valence-electron chi connectivity index (χ3n) is 2.79. The molecular formula is C12H12FNO3. The molecule has 2 N–H and O–H groups in total. The third kappa shape index (κ3) is 2.00. The molecule has 5 heteroatoms. The largest absolute Gasteiger partial charge is 0.483 e. The summed E-state index contributed by atoms with van der Waals surface area (Å²) in [5.74, 6) is -1.14. The predicted octanol–water partition coefficient (Wildman–Crippen LogP) is 1.38. The number of halogens is 1. The van der Waals surface area contributed by atoms with Crippen LogP contribution in [0, 0.1) is 5.82 Å². The van der Waals surface area contributed by atoms with Crippen LogP contribution < -0.4 is 10.5 Å². The molecule has 0 saturated carbocycles. The highest BCUT2D eigenvalue weighted by Crippen LogP contribution is 2.39. The summed E-state index contributed by atoms with van der Waals surface area (Å²) in [7, 11) is 0. The van der Waals surface area contributed by atoms with Gasteiger partial charge < -0.3 is 10.5 Å². The molecule has 0 bridgehead atoms. The summed E-state index contributed by atoms with van der Waals surface area (Å²) in [6.07, 6.45) is 0.267. The second-order valence-electron chi connectivity index (χ2n) is 4.12. The molecule has 17 heavy (non-hydrogen) atoms. The predicted molar refractivity (Wildman–Crippen MR) is 58.5 cm³/mol. The zero-order valence-electron chi connectivity index (χ0n) is 9.33. The highest BCUT2D eigenvalue weighted by atomic mass is 19.1. The Kier molecular flexibility index (Phi) is 2.83. The molecule has 1 aromatic rings. The van der Waals surface area contributed by atoms with Crippen molar-refractivity contribution in [3.8, 4) is 5.75 Å². The Balaban J connectivity index is 2.42. The molecular weight excluding hydrogens is 225 g/mol. The lowest BCUT2D eigenvalue weighted by molar-refractivity contribution is -0.119. The molecule has 1 aliphatic carbocycles. The van der Waals surface area contributed by atoms with E-state index in [1.165, 1.54) is 12.1 Å². The number of benzene rings is 1. The zero-order valence-corrected chi connectivity index (χ0v) is 9.33. The Morgan fingerprint density at radius 1 is 1.59 bits per heavy atom. The van der Waals surface area contributed by atoms with Crippen molar-refractivity contribution in [3.05, 3.63) is 29.1 Å². The maximum Gasteiger partial charge on any atom is 0.255 e. The van der Waals surface area contributed by atoms with Gasteiger partial charge in [-0.15, -0.1) is 0 Å². The van der Waals surface area contributed by atoms with Gasteiger partial charge in [-0.1, -0.05) is 6.92 Å². The number of fused-ring (bicyclic) bond motifs is 1. The standard InChI is InChI=1S/C12H12FNO3/c1-6-4-8(15)12-9(17-5-10(14)16)3-2-7(13)11(6)12/h2-3,6H,4-5H2,1H3,(H2,14,16). The molecule has 0 aliphatic heterocycles. The maximum atomic E-state index is 13.6. The minimum atomic E-state index is -0.637. The summed E-state index contributed by atoms with van der Waals surface area (Å²) < 4.78 is 18.7. The molecule has 1 unspecified atom stereocenters. The zero-order chi connectivity index (χ0) is 12.6. The quantitative estimate of drug-likeness (QED) is 0.863. The van der Waals surface area contributed by atoms with Crippen LogP contribution in [0.5, 0.6) is 5.75 Å². The maximum absolute atomic E-state index is 13.6. The van der Waals surface area contributed by atoms with E-state index in [-0.39, 0.29) is 36.0 Å². The van der Waals surface area contributed by atoms with E-state index >= 15 is 0 Å². The van der Waals surface area contributed by atoms with Crippen LogP contribution in [0.25, 0.3) is 0 Å². The Morgan fingerprint density at radius 2 is 2.29 bits per heavy atom. The molecule has 2 rings (SSSR count). The van der Waals surface area contributed by atoms with Crippen LogP contribution in [0.4, 0.5) is 4.39 Å². The number of primary amides is 1. The smallest absolute Gasteiger partial charge is 0.255 e. The molecule has 1 aliphatic rings. The minimum Gasteiger partial charge on any atom is -0.483 e. The molecule has 0 aromatic heterocycles. The average molecular weight is 237 g/mol. The molecule has 0 radical (unpaired) electrons. The highest BCUT2D eigenvalue weighted by molar-refractivity contribution is 6.03. The van der Waals surface area contributed by atoms with Gasteiger partial charge in [0.1, 0.15) is 11.6 Å². The van der Waals surface area contributed by atoms with Crippen molar-refractivity contribution in [2.24, 2.45) is 5.73 Å². The molecule has 1 aromatic carbocycles. The average Bonchev–Trinajstić information content (AvgIpc) is 2.55. The number of Topliss-reactive ketones (excluding diaryl/α,β-unsaturated/α-hetero) is 1. The fourth-order valence-electron chi connectivity index (χ4n) is 2.09. The van der Waals surface area contributed by atoms with Crippen molar-refractivity contribution >= 4 is 11.7 Å². The lowest BCUT2D eigenvalue weighted by atomic mass is 10.0. The van der Waals surface area contributed by atoms with Gasteiger partial charge in [-0.25, -0.2) is 4.39 Å². The van der Waals surface area contributed by atoms with E-state index < -0.39 is 11.7 Å². The number of rotatable bonds is 3. The Hall–Kier alpha value is -1.91. The molecule has 1 amide bonds. The molecule has 0 spiro atoms. The van der Waals surface area contributed by atoms with Crippen molar-refractivity contribution < 1.29 is 18.7 Å². The second kappa shape index (κ2) is 4.16. The van der Waals surface area contributed by atoms with Crippen molar-refractivity contribution in [1.82, 2.24) is 0 Å². The highest BCUT2D eigenvalue weighted by Gasteiger charge is 2.32. The molecule has 1 atom stereocenters. The van der Waals surface area contributed by atoms with Gasteiger partial charge in [-0.05, 0) is 18.1 Å². The Morgan fingerprint density at radius 3 is 2.94 bits per heavy atom. The van der Waals surface area contributed by atoms with Gasteiger partial charge in [-0.3, -0.25) is 9.59 Å². The van der Waals surface area contributed by atoms with E-state index in [9.17, 15) is 14.0 Å². The van der Waals surface area contributed by atoms with E-state index in [4.69, 9.17) is 10.5 Å². The Labute approximate surface area is 97.6 Å². The number of hydrogen-bond donors (Lipinski definition) is 1. The lowest BCUT2D eigenvalue weighted by Crippen LogP contribution is -2.20. The third-order valence-corrected chi connectivity index (χ3v) is 2.79. The Bertz CT molecular complexity index is 499. The first kappa shape index (κ1) is 11.6. The summed E-state index contributed by atoms with van der Waals surface area (Å²) in [5, 5.41) is 0. The number of hydrogen-bond acceptors (Lipinski definition) is 3. The first-order valence-electron chi connectivity index (χ1n) is 5.27. The van der Waals surface area contributed by atoms with Gasteiger partial charge >= 0.3 is 0 Å². The normalized spacial score (nSPS) is 18.0.